The lowest BCUT2D eigenvalue weighted by Crippen LogP contribution is -2.33. The molecule has 0 fully saturated rings. The van der Waals surface area contributed by atoms with Crippen molar-refractivity contribution in [3.8, 4) is 0 Å². The second-order valence-electron chi connectivity index (χ2n) is 3.28. The normalized spacial score (nSPS) is 12.6. The van der Waals surface area contributed by atoms with Crippen molar-refractivity contribution in [3.05, 3.63) is 11.6 Å². The molecule has 1 aromatic heterocycles. The van der Waals surface area contributed by atoms with Gasteiger partial charge in [-0.25, -0.2) is 4.98 Å². The van der Waals surface area contributed by atoms with E-state index in [-0.39, 0.29) is 18.3 Å². The van der Waals surface area contributed by atoms with Gasteiger partial charge in [0.2, 0.25) is 5.82 Å². The predicted octanol–water partition coefficient (Wildman–Crippen LogP) is -0.434. The summed E-state index contributed by atoms with van der Waals surface area (Å²) < 4.78 is 0. The first-order valence-corrected chi connectivity index (χ1v) is 4.33. The quantitative estimate of drug-likeness (QED) is 0.690. The van der Waals surface area contributed by atoms with Gasteiger partial charge < -0.3 is 10.0 Å². The van der Waals surface area contributed by atoms with Gasteiger partial charge in [-0.05, 0) is 13.8 Å². The molecule has 14 heavy (non-hydrogen) atoms. The minimum atomic E-state index is -0.552. The van der Waals surface area contributed by atoms with Gasteiger partial charge in [-0.15, -0.1) is 5.10 Å². The van der Waals surface area contributed by atoms with E-state index in [9.17, 15) is 4.79 Å². The highest BCUT2D eigenvalue weighted by Crippen LogP contribution is 1.98. The lowest BCUT2D eigenvalue weighted by molar-refractivity contribution is 0.0692. The molecule has 0 aliphatic heterocycles. The summed E-state index contributed by atoms with van der Waals surface area (Å²) in [7, 11) is 1.60. The Kier molecular flexibility index (Phi) is 3.19. The number of carbonyl (C=O) groups excluding carboxylic acids is 1. The first kappa shape index (κ1) is 10.6. The van der Waals surface area contributed by atoms with Crippen LogP contribution in [-0.2, 0) is 0 Å². The number of aromatic amines is 1. The molecule has 0 saturated carbocycles. The van der Waals surface area contributed by atoms with Gasteiger partial charge >= 0.3 is 0 Å². The smallest absolute Gasteiger partial charge is 0.293 e. The minimum absolute atomic E-state index is 0.130. The number of carbonyl (C=O) groups is 1. The number of likely N-dealkylation sites (N-methyl/N-ethyl adjacent to an activating group) is 1. The summed E-state index contributed by atoms with van der Waals surface area (Å²) in [5.74, 6) is 0.430. The van der Waals surface area contributed by atoms with Crippen LogP contribution in [0.1, 0.15) is 23.4 Å². The van der Waals surface area contributed by atoms with Gasteiger partial charge in [-0.1, -0.05) is 0 Å². The molecule has 1 aromatic rings. The highest BCUT2D eigenvalue weighted by Gasteiger charge is 2.17. The van der Waals surface area contributed by atoms with E-state index in [1.807, 2.05) is 0 Å². The van der Waals surface area contributed by atoms with Gasteiger partial charge in [0.05, 0.1) is 6.10 Å². The van der Waals surface area contributed by atoms with Crippen LogP contribution in [0.2, 0.25) is 0 Å². The molecule has 0 aliphatic carbocycles. The Labute approximate surface area is 82.0 Å². The van der Waals surface area contributed by atoms with Crippen molar-refractivity contribution in [1.29, 1.82) is 0 Å². The van der Waals surface area contributed by atoms with Crippen molar-refractivity contribution >= 4 is 5.91 Å². The number of aliphatic hydroxyl groups is 1. The third-order valence-corrected chi connectivity index (χ3v) is 1.67. The molecule has 0 spiro atoms. The monoisotopic (exact) mass is 198 g/mol. The van der Waals surface area contributed by atoms with Crippen LogP contribution in [0, 0.1) is 6.92 Å². The zero-order chi connectivity index (χ0) is 10.7. The molecule has 6 nitrogen and oxygen atoms in total. The van der Waals surface area contributed by atoms with Gasteiger partial charge in [-0.3, -0.25) is 9.89 Å². The number of aliphatic hydroxyl groups excluding tert-OH is 1. The summed E-state index contributed by atoms with van der Waals surface area (Å²) in [6.07, 6.45) is -0.552. The maximum absolute atomic E-state index is 11.6. The number of H-pyrrole nitrogens is 1. The predicted molar refractivity (Wildman–Crippen MR) is 49.8 cm³/mol. The Morgan fingerprint density at radius 2 is 2.36 bits per heavy atom. The van der Waals surface area contributed by atoms with Crippen molar-refractivity contribution in [1.82, 2.24) is 20.1 Å². The van der Waals surface area contributed by atoms with E-state index in [0.29, 0.717) is 5.82 Å². The molecule has 78 valence electrons. The van der Waals surface area contributed by atoms with Crippen molar-refractivity contribution in [3.63, 3.8) is 0 Å². The van der Waals surface area contributed by atoms with Crippen LogP contribution < -0.4 is 0 Å². The number of amides is 1. The van der Waals surface area contributed by atoms with Gasteiger partial charge in [-0.2, -0.15) is 0 Å². The SMILES string of the molecule is Cc1nc(C(=O)N(C)CC(C)O)n[nH]1. The summed E-state index contributed by atoms with van der Waals surface area (Å²) in [5, 5.41) is 15.4. The summed E-state index contributed by atoms with van der Waals surface area (Å²) in [5.41, 5.74) is 0. The Morgan fingerprint density at radius 3 is 2.79 bits per heavy atom. The lowest BCUT2D eigenvalue weighted by atomic mass is 10.3. The van der Waals surface area contributed by atoms with Crippen LogP contribution in [-0.4, -0.2) is 50.8 Å². The van der Waals surface area contributed by atoms with Crippen molar-refractivity contribution in [2.75, 3.05) is 13.6 Å². The van der Waals surface area contributed by atoms with E-state index in [2.05, 4.69) is 15.2 Å². The fourth-order valence-corrected chi connectivity index (χ4v) is 1.09. The molecule has 1 unspecified atom stereocenters. The molecule has 1 amide bonds. The molecule has 1 heterocycles. The fourth-order valence-electron chi connectivity index (χ4n) is 1.09. The molecule has 0 saturated heterocycles. The Hall–Kier alpha value is -1.43. The molecule has 1 atom stereocenters. The van der Waals surface area contributed by atoms with Gasteiger partial charge in [0.1, 0.15) is 5.82 Å². The number of rotatable bonds is 3. The maximum atomic E-state index is 11.6. The third kappa shape index (κ3) is 2.53. The van der Waals surface area contributed by atoms with E-state index in [4.69, 9.17) is 5.11 Å². The number of hydrogen-bond donors (Lipinski definition) is 2. The van der Waals surface area contributed by atoms with Crippen molar-refractivity contribution < 1.29 is 9.90 Å². The summed E-state index contributed by atoms with van der Waals surface area (Å²) in [4.78, 5) is 16.8. The Morgan fingerprint density at radius 1 is 1.71 bits per heavy atom. The number of hydrogen-bond acceptors (Lipinski definition) is 4. The van der Waals surface area contributed by atoms with Gasteiger partial charge in [0.15, 0.2) is 0 Å². The standard InChI is InChI=1S/C8H14N4O2/c1-5(13)4-12(3)8(14)7-9-6(2)10-11-7/h5,13H,4H2,1-3H3,(H,9,10,11). The maximum Gasteiger partial charge on any atom is 0.293 e. The van der Waals surface area contributed by atoms with Crippen LogP contribution in [0.5, 0.6) is 0 Å². The Bertz CT molecular complexity index is 321. The summed E-state index contributed by atoms with van der Waals surface area (Å²) in [6, 6.07) is 0. The van der Waals surface area contributed by atoms with Crippen molar-refractivity contribution in [2.24, 2.45) is 0 Å². The second-order valence-corrected chi connectivity index (χ2v) is 3.28. The topological polar surface area (TPSA) is 82.1 Å². The van der Waals surface area contributed by atoms with Crippen LogP contribution in [0.25, 0.3) is 0 Å². The van der Waals surface area contributed by atoms with E-state index in [1.54, 1.807) is 20.9 Å². The van der Waals surface area contributed by atoms with Crippen LogP contribution >= 0.6 is 0 Å². The third-order valence-electron chi connectivity index (χ3n) is 1.67. The number of aryl methyl sites for hydroxylation is 1. The molecule has 0 bridgehead atoms. The molecule has 6 heteroatoms. The molecular weight excluding hydrogens is 184 g/mol. The van der Waals surface area contributed by atoms with Crippen LogP contribution in [0.4, 0.5) is 0 Å². The first-order valence-electron chi connectivity index (χ1n) is 4.33. The molecular formula is C8H14N4O2. The van der Waals surface area contributed by atoms with Gasteiger partial charge in [0.25, 0.3) is 5.91 Å². The summed E-state index contributed by atoms with van der Waals surface area (Å²) in [6.45, 7) is 3.61. The van der Waals surface area contributed by atoms with Crippen molar-refractivity contribution in [2.45, 2.75) is 20.0 Å². The van der Waals surface area contributed by atoms with E-state index < -0.39 is 6.10 Å². The van der Waals surface area contributed by atoms with Crippen LogP contribution in [0.3, 0.4) is 0 Å². The number of aromatic nitrogens is 3. The number of nitrogens with zero attached hydrogens (tertiary/aromatic N) is 3. The highest BCUT2D eigenvalue weighted by molar-refractivity contribution is 5.90. The molecule has 2 N–H and O–H groups in total. The number of nitrogens with one attached hydrogen (secondary N) is 1. The summed E-state index contributed by atoms with van der Waals surface area (Å²) >= 11 is 0. The Balaban J connectivity index is 2.65. The second kappa shape index (κ2) is 4.19. The lowest BCUT2D eigenvalue weighted by Gasteiger charge is -2.16. The molecule has 0 radical (unpaired) electrons. The average Bonchev–Trinajstić information content (AvgIpc) is 2.49. The van der Waals surface area contributed by atoms with E-state index in [1.165, 1.54) is 4.90 Å². The van der Waals surface area contributed by atoms with E-state index >= 15 is 0 Å². The molecule has 0 aliphatic rings. The molecule has 1 rings (SSSR count). The molecule has 0 aromatic carbocycles. The average molecular weight is 198 g/mol. The largest absolute Gasteiger partial charge is 0.392 e. The zero-order valence-electron chi connectivity index (χ0n) is 8.48. The van der Waals surface area contributed by atoms with Crippen LogP contribution in [0.15, 0.2) is 0 Å². The first-order chi connectivity index (χ1) is 6.50. The minimum Gasteiger partial charge on any atom is -0.392 e. The fraction of sp³-hybridized carbons (Fsp3) is 0.625. The van der Waals surface area contributed by atoms with E-state index in [0.717, 1.165) is 0 Å². The zero-order valence-corrected chi connectivity index (χ0v) is 8.48. The highest BCUT2D eigenvalue weighted by atomic mass is 16.3. The van der Waals surface area contributed by atoms with Gasteiger partial charge in [0, 0.05) is 13.6 Å².